The summed E-state index contributed by atoms with van der Waals surface area (Å²) in [5.74, 6) is 0.139. The van der Waals surface area contributed by atoms with E-state index in [4.69, 9.17) is 4.74 Å². The molecule has 2 heterocycles. The molecule has 9 nitrogen and oxygen atoms in total. The van der Waals surface area contributed by atoms with Gasteiger partial charge < -0.3 is 24.7 Å². The molecule has 1 saturated heterocycles. The topological polar surface area (TPSA) is 118 Å². The zero-order valence-electron chi connectivity index (χ0n) is 23.4. The second-order valence-corrected chi connectivity index (χ2v) is 11.2. The predicted molar refractivity (Wildman–Crippen MR) is 152 cm³/mol. The number of ether oxygens (including phenoxy) is 2. The Morgan fingerprint density at radius 3 is 2.08 bits per heavy atom. The first kappa shape index (κ1) is 33.7. The Kier molecular flexibility index (Phi) is 17.4. The number of alkyl carbamates (subject to hydrolysis) is 1. The van der Waals surface area contributed by atoms with Crippen molar-refractivity contribution in [1.29, 1.82) is 0 Å². The molecule has 1 unspecified atom stereocenters. The summed E-state index contributed by atoms with van der Waals surface area (Å²) in [4.78, 5) is 49.9. The Morgan fingerprint density at radius 1 is 1.03 bits per heavy atom. The van der Waals surface area contributed by atoms with Gasteiger partial charge in [0, 0.05) is 24.9 Å². The summed E-state index contributed by atoms with van der Waals surface area (Å²) in [5, 5.41) is 2.46. The fourth-order valence-electron chi connectivity index (χ4n) is 4.20. The number of amides is 2. The number of nitrogens with zero attached hydrogens (tertiary/aromatic N) is 1. The first-order valence-corrected chi connectivity index (χ1v) is 14.6. The highest BCUT2D eigenvalue weighted by Crippen LogP contribution is 2.21. The predicted octanol–water partition coefficient (Wildman–Crippen LogP) is 5.57. The first-order valence-electron chi connectivity index (χ1n) is 13.8. The van der Waals surface area contributed by atoms with Gasteiger partial charge in [0.05, 0.1) is 11.7 Å². The van der Waals surface area contributed by atoms with Gasteiger partial charge in [0.1, 0.15) is 18.7 Å². The Bertz CT molecular complexity index is 871. The fourth-order valence-corrected chi connectivity index (χ4v) is 4.55. The van der Waals surface area contributed by atoms with Crippen molar-refractivity contribution in [2.75, 3.05) is 20.2 Å². The second kappa shape index (κ2) is 19.7. The lowest BCUT2D eigenvalue weighted by Gasteiger charge is -2.22. The summed E-state index contributed by atoms with van der Waals surface area (Å²) in [7, 11) is 1.31. The molecule has 3 aliphatic rings. The van der Waals surface area contributed by atoms with E-state index in [0.29, 0.717) is 17.6 Å². The lowest BCUT2D eigenvalue weighted by Crippen LogP contribution is -2.46. The molecule has 2 aliphatic carbocycles. The summed E-state index contributed by atoms with van der Waals surface area (Å²) in [6.45, 7) is 6.86. The third-order valence-corrected chi connectivity index (χ3v) is 6.45. The van der Waals surface area contributed by atoms with Crippen molar-refractivity contribution in [1.82, 2.24) is 15.2 Å². The molecule has 0 radical (unpaired) electrons. The van der Waals surface area contributed by atoms with Crippen molar-refractivity contribution in [2.24, 2.45) is 5.92 Å². The third kappa shape index (κ3) is 15.1. The molecule has 2 saturated carbocycles. The van der Waals surface area contributed by atoms with E-state index in [-0.39, 0.29) is 24.0 Å². The third-order valence-electron chi connectivity index (χ3n) is 5.99. The van der Waals surface area contributed by atoms with Crippen LogP contribution >= 0.6 is 15.9 Å². The van der Waals surface area contributed by atoms with Gasteiger partial charge in [-0.15, -0.1) is 0 Å². The van der Waals surface area contributed by atoms with Crippen molar-refractivity contribution < 1.29 is 23.9 Å². The summed E-state index contributed by atoms with van der Waals surface area (Å²) in [6, 6.07) is 2.40. The molecule has 1 aromatic rings. The average Bonchev–Trinajstić information content (AvgIpc) is 3.66. The number of rotatable bonds is 4. The van der Waals surface area contributed by atoms with Crippen molar-refractivity contribution in [3.63, 3.8) is 0 Å². The average molecular weight is 601 g/mol. The van der Waals surface area contributed by atoms with Gasteiger partial charge in [-0.1, -0.05) is 52.9 Å². The van der Waals surface area contributed by atoms with Gasteiger partial charge in [-0.25, -0.2) is 9.59 Å². The van der Waals surface area contributed by atoms with Gasteiger partial charge >= 0.3 is 12.1 Å². The fraction of sp³-hybridized carbons (Fsp3) is 0.714. The monoisotopic (exact) mass is 599 g/mol. The number of hydrogen-bond acceptors (Lipinski definition) is 6. The number of methoxy groups -OCH3 is 1. The zero-order chi connectivity index (χ0) is 28.3. The van der Waals surface area contributed by atoms with Crippen LogP contribution in [0.25, 0.3) is 0 Å². The van der Waals surface area contributed by atoms with Crippen LogP contribution in [0, 0.1) is 5.92 Å². The molecule has 3 fully saturated rings. The Labute approximate surface area is 235 Å². The van der Waals surface area contributed by atoms with Crippen LogP contribution in [0.3, 0.4) is 0 Å². The van der Waals surface area contributed by atoms with E-state index in [2.05, 4.69) is 51.7 Å². The first-order chi connectivity index (χ1) is 18.1. The number of esters is 1. The highest BCUT2D eigenvalue weighted by Gasteiger charge is 2.34. The van der Waals surface area contributed by atoms with Gasteiger partial charge in [0.15, 0.2) is 5.43 Å². The summed E-state index contributed by atoms with van der Waals surface area (Å²) < 4.78 is 10.6. The highest BCUT2D eigenvalue weighted by atomic mass is 79.9. The molecule has 38 heavy (non-hydrogen) atoms. The molecule has 0 aromatic carbocycles. The molecule has 1 aromatic heterocycles. The number of halogens is 1. The number of H-pyrrole nitrogens is 1. The highest BCUT2D eigenvalue weighted by molar-refractivity contribution is 9.10. The number of carbonyl (C=O) groups is 3. The minimum atomic E-state index is -0.566. The van der Waals surface area contributed by atoms with Crippen LogP contribution in [0.15, 0.2) is 27.7 Å². The molecule has 2 N–H and O–H groups in total. The minimum absolute atomic E-state index is 0.00984. The van der Waals surface area contributed by atoms with Crippen LogP contribution < -0.4 is 10.7 Å². The van der Waals surface area contributed by atoms with Crippen LogP contribution in [0.5, 0.6) is 0 Å². The number of hydrogen-bond donors (Lipinski definition) is 2. The summed E-state index contributed by atoms with van der Waals surface area (Å²) in [6.07, 6.45) is 13.8. The van der Waals surface area contributed by atoms with E-state index in [1.54, 1.807) is 6.20 Å². The van der Waals surface area contributed by atoms with Crippen LogP contribution in [-0.2, 0) is 19.1 Å². The maximum absolute atomic E-state index is 12.1. The lowest BCUT2D eigenvalue weighted by atomic mass is 10.2. The molecule has 10 heteroatoms. The Morgan fingerprint density at radius 2 is 1.61 bits per heavy atom. The number of likely N-dealkylation sites (tertiary alicyclic amines) is 1. The van der Waals surface area contributed by atoms with E-state index in [1.807, 2.05) is 0 Å². The van der Waals surface area contributed by atoms with E-state index >= 15 is 0 Å². The zero-order valence-corrected chi connectivity index (χ0v) is 25.0. The number of pyridine rings is 1. The van der Waals surface area contributed by atoms with Crippen LogP contribution in [-0.4, -0.2) is 60.2 Å². The van der Waals surface area contributed by atoms with E-state index < -0.39 is 18.1 Å². The van der Waals surface area contributed by atoms with E-state index in [9.17, 15) is 19.2 Å². The smallest absolute Gasteiger partial charge is 0.407 e. The molecule has 0 spiro atoms. The second-order valence-electron chi connectivity index (χ2n) is 10.3. The van der Waals surface area contributed by atoms with E-state index in [0.717, 1.165) is 38.0 Å². The van der Waals surface area contributed by atoms with Gasteiger partial charge in [0.2, 0.25) is 5.91 Å². The minimum Gasteiger partial charge on any atom is -0.467 e. The largest absolute Gasteiger partial charge is 0.467 e. The number of nitrogens with one attached hydrogen (secondary N) is 2. The molecular weight excluding hydrogens is 554 g/mol. The van der Waals surface area contributed by atoms with Crippen LogP contribution in [0.1, 0.15) is 91.4 Å². The SMILES string of the molecule is C1CCCC1.CC(C)C.COC(=O)C1CCCN1C(=O)CNC(=O)OC1CCCC1.O=c1cc[nH]c(Br)c1. The lowest BCUT2D eigenvalue weighted by molar-refractivity contribution is -0.150. The van der Waals surface area contributed by atoms with Crippen molar-refractivity contribution in [3.8, 4) is 0 Å². The van der Waals surface area contributed by atoms with Crippen molar-refractivity contribution in [2.45, 2.75) is 104 Å². The maximum atomic E-state index is 12.1. The number of aromatic amines is 1. The normalized spacial score (nSPS) is 18.3. The molecule has 2 amide bonds. The summed E-state index contributed by atoms with van der Waals surface area (Å²) >= 11 is 3.11. The summed E-state index contributed by atoms with van der Waals surface area (Å²) in [5.41, 5.74) is 0.00984. The quantitative estimate of drug-likeness (QED) is 0.345. The standard InChI is InChI=1S/C14H22N2O5.C5H4BrNO.C5H10.C4H10/c1-20-13(18)11-7-4-8-16(11)12(17)9-15-14(19)21-10-5-2-3-6-10;6-5-3-4(8)1-2-7-5;1-2-4-5-3-1;1-4(2)3/h10-11H,2-9H2,1H3,(H,15,19);1-3H,(H,7,8);1-5H2;4H,1-3H3. The number of aromatic nitrogens is 1. The van der Waals surface area contributed by atoms with Crippen LogP contribution in [0.2, 0.25) is 0 Å². The number of carbonyl (C=O) groups excluding carboxylic acids is 3. The van der Waals surface area contributed by atoms with Gasteiger partial charge in [-0.05, 0) is 60.4 Å². The van der Waals surface area contributed by atoms with Crippen molar-refractivity contribution >= 4 is 33.9 Å². The molecule has 4 rings (SSSR count). The molecular formula is C28H46BrN3O6. The van der Waals surface area contributed by atoms with Crippen molar-refractivity contribution in [3.05, 3.63) is 33.2 Å². The Balaban J connectivity index is 0.000000342. The molecule has 1 aliphatic heterocycles. The van der Waals surface area contributed by atoms with Gasteiger partial charge in [-0.2, -0.15) is 0 Å². The molecule has 1 atom stereocenters. The maximum Gasteiger partial charge on any atom is 0.407 e. The van der Waals surface area contributed by atoms with Gasteiger partial charge in [-0.3, -0.25) is 9.59 Å². The Hall–Kier alpha value is -2.36. The molecule has 216 valence electrons. The van der Waals surface area contributed by atoms with E-state index in [1.165, 1.54) is 56.2 Å². The van der Waals surface area contributed by atoms with Gasteiger partial charge in [0.25, 0.3) is 0 Å². The van der Waals surface area contributed by atoms with Crippen LogP contribution in [0.4, 0.5) is 4.79 Å². The molecule has 0 bridgehead atoms.